The third-order valence-corrected chi connectivity index (χ3v) is 5.50. The molecule has 1 heterocycles. The predicted octanol–water partition coefficient (Wildman–Crippen LogP) is 2.39. The summed E-state index contributed by atoms with van der Waals surface area (Å²) in [6, 6.07) is 13.1. The molecule has 2 aromatic carbocycles. The van der Waals surface area contributed by atoms with Crippen LogP contribution in [0.5, 0.6) is 0 Å². The van der Waals surface area contributed by atoms with Crippen molar-refractivity contribution in [1.82, 2.24) is 9.80 Å². The van der Waals surface area contributed by atoms with Crippen LogP contribution in [0.15, 0.2) is 42.5 Å². The molecule has 6 heteroatoms. The van der Waals surface area contributed by atoms with Crippen molar-refractivity contribution in [2.75, 3.05) is 38.0 Å². The highest BCUT2D eigenvalue weighted by Gasteiger charge is 2.27. The van der Waals surface area contributed by atoms with Crippen molar-refractivity contribution in [3.63, 3.8) is 0 Å². The summed E-state index contributed by atoms with van der Waals surface area (Å²) in [5.41, 5.74) is 11.1. The van der Waals surface area contributed by atoms with Crippen molar-refractivity contribution in [2.24, 2.45) is 5.73 Å². The lowest BCUT2D eigenvalue weighted by molar-refractivity contribution is -0.134. The van der Waals surface area contributed by atoms with Crippen molar-refractivity contribution in [2.45, 2.75) is 26.8 Å². The normalized spacial score (nSPS) is 15.8. The second-order valence-electron chi connectivity index (χ2n) is 7.80. The van der Waals surface area contributed by atoms with Crippen LogP contribution in [0.1, 0.15) is 28.3 Å². The molecule has 2 amide bonds. The number of nitrogens with one attached hydrogen (secondary N) is 1. The molecule has 1 aliphatic heterocycles. The number of carbonyl (C=O) groups is 2. The van der Waals surface area contributed by atoms with Gasteiger partial charge in [-0.05, 0) is 37.5 Å². The van der Waals surface area contributed by atoms with Gasteiger partial charge in [-0.15, -0.1) is 0 Å². The minimum absolute atomic E-state index is 0.0291. The van der Waals surface area contributed by atoms with Gasteiger partial charge in [0.1, 0.15) is 6.04 Å². The number of benzene rings is 2. The van der Waals surface area contributed by atoms with E-state index < -0.39 is 6.04 Å². The molecule has 1 aliphatic rings. The maximum absolute atomic E-state index is 12.7. The van der Waals surface area contributed by atoms with Crippen LogP contribution in [-0.4, -0.2) is 54.3 Å². The van der Waals surface area contributed by atoms with E-state index in [4.69, 9.17) is 5.73 Å². The summed E-state index contributed by atoms with van der Waals surface area (Å²) >= 11 is 0. The summed E-state index contributed by atoms with van der Waals surface area (Å²) in [6.45, 7) is 8.78. The van der Waals surface area contributed by atoms with E-state index in [1.165, 1.54) is 0 Å². The van der Waals surface area contributed by atoms with Gasteiger partial charge in [-0.25, -0.2) is 0 Å². The van der Waals surface area contributed by atoms with Gasteiger partial charge in [-0.2, -0.15) is 0 Å². The molecule has 0 aliphatic carbocycles. The number of piperazine rings is 1. The number of amides is 2. The Morgan fingerprint density at radius 1 is 0.966 bits per heavy atom. The fraction of sp³-hybridized carbons (Fsp3) is 0.391. The molecule has 1 unspecified atom stereocenters. The standard InChI is InChI=1S/C23H30N4O2/c1-16-7-9-19(10-8-16)21(24)23(29)27-13-11-26(12-14-27)15-20(28)25-22-17(2)5-4-6-18(22)3/h4-10,21H,11-15,24H2,1-3H3,(H,25,28). The summed E-state index contributed by atoms with van der Waals surface area (Å²) in [7, 11) is 0. The van der Waals surface area contributed by atoms with Gasteiger partial charge in [0.15, 0.2) is 0 Å². The third-order valence-electron chi connectivity index (χ3n) is 5.50. The number of hydrogen-bond acceptors (Lipinski definition) is 4. The zero-order valence-corrected chi connectivity index (χ0v) is 17.4. The Hall–Kier alpha value is -2.70. The highest BCUT2D eigenvalue weighted by molar-refractivity contribution is 5.93. The molecule has 3 N–H and O–H groups in total. The van der Waals surface area contributed by atoms with E-state index in [2.05, 4.69) is 10.2 Å². The highest BCUT2D eigenvalue weighted by atomic mass is 16.2. The Morgan fingerprint density at radius 3 is 2.14 bits per heavy atom. The predicted molar refractivity (Wildman–Crippen MR) is 116 cm³/mol. The van der Waals surface area contributed by atoms with E-state index >= 15 is 0 Å². The van der Waals surface area contributed by atoms with Gasteiger partial charge < -0.3 is 16.0 Å². The van der Waals surface area contributed by atoms with Crippen LogP contribution in [-0.2, 0) is 9.59 Å². The van der Waals surface area contributed by atoms with E-state index in [0.29, 0.717) is 32.7 Å². The van der Waals surface area contributed by atoms with Crippen LogP contribution in [0.25, 0.3) is 0 Å². The van der Waals surface area contributed by atoms with E-state index in [1.807, 2.05) is 63.2 Å². The summed E-state index contributed by atoms with van der Waals surface area (Å²) in [4.78, 5) is 29.1. The lowest BCUT2D eigenvalue weighted by atomic mass is 10.0. The number of rotatable bonds is 5. The van der Waals surface area contributed by atoms with Crippen molar-refractivity contribution < 1.29 is 9.59 Å². The minimum Gasteiger partial charge on any atom is -0.338 e. The molecule has 0 aromatic heterocycles. The first-order chi connectivity index (χ1) is 13.8. The number of carbonyl (C=O) groups excluding carboxylic acids is 2. The fourth-order valence-electron chi connectivity index (χ4n) is 3.63. The zero-order valence-electron chi connectivity index (χ0n) is 17.4. The molecule has 6 nitrogen and oxygen atoms in total. The van der Waals surface area contributed by atoms with E-state index in [-0.39, 0.29) is 11.8 Å². The SMILES string of the molecule is Cc1ccc(C(N)C(=O)N2CCN(CC(=O)Nc3c(C)cccc3C)CC2)cc1. The molecule has 0 spiro atoms. The number of aryl methyl sites for hydroxylation is 3. The Balaban J connectivity index is 1.50. The van der Waals surface area contributed by atoms with Crippen LogP contribution < -0.4 is 11.1 Å². The van der Waals surface area contributed by atoms with Crippen LogP contribution in [0.3, 0.4) is 0 Å². The van der Waals surface area contributed by atoms with Crippen molar-refractivity contribution in [3.8, 4) is 0 Å². The second-order valence-corrected chi connectivity index (χ2v) is 7.80. The van der Waals surface area contributed by atoms with E-state index in [1.54, 1.807) is 4.90 Å². The summed E-state index contributed by atoms with van der Waals surface area (Å²) < 4.78 is 0. The van der Waals surface area contributed by atoms with E-state index in [9.17, 15) is 9.59 Å². The Bertz CT molecular complexity index is 851. The van der Waals surface area contributed by atoms with Gasteiger partial charge in [-0.3, -0.25) is 14.5 Å². The average molecular weight is 395 g/mol. The highest BCUT2D eigenvalue weighted by Crippen LogP contribution is 2.19. The molecule has 29 heavy (non-hydrogen) atoms. The molecule has 3 rings (SSSR count). The van der Waals surface area contributed by atoms with Crippen molar-refractivity contribution in [3.05, 3.63) is 64.7 Å². The molecular weight excluding hydrogens is 364 g/mol. The molecule has 1 fully saturated rings. The number of hydrogen-bond donors (Lipinski definition) is 2. The van der Waals surface area contributed by atoms with Crippen molar-refractivity contribution >= 4 is 17.5 Å². The molecule has 0 radical (unpaired) electrons. The van der Waals surface area contributed by atoms with Gasteiger partial charge in [0.25, 0.3) is 0 Å². The molecular formula is C23H30N4O2. The van der Waals surface area contributed by atoms with Gasteiger partial charge in [0.05, 0.1) is 6.54 Å². The Kier molecular flexibility index (Phi) is 6.67. The summed E-state index contributed by atoms with van der Waals surface area (Å²) in [6.07, 6.45) is 0. The second kappa shape index (κ2) is 9.20. The molecule has 2 aromatic rings. The quantitative estimate of drug-likeness (QED) is 0.816. The number of para-hydroxylation sites is 1. The molecule has 0 bridgehead atoms. The third kappa shape index (κ3) is 5.22. The number of nitrogens with zero attached hydrogens (tertiary/aromatic N) is 2. The van der Waals surface area contributed by atoms with Gasteiger partial charge >= 0.3 is 0 Å². The van der Waals surface area contributed by atoms with Gasteiger partial charge in [0, 0.05) is 31.9 Å². The van der Waals surface area contributed by atoms with Gasteiger partial charge in [-0.1, -0.05) is 48.0 Å². The first-order valence-corrected chi connectivity index (χ1v) is 10.0. The number of nitrogens with two attached hydrogens (primary N) is 1. The maximum Gasteiger partial charge on any atom is 0.244 e. The lowest BCUT2D eigenvalue weighted by Gasteiger charge is -2.35. The largest absolute Gasteiger partial charge is 0.338 e. The molecule has 154 valence electrons. The maximum atomic E-state index is 12.7. The Morgan fingerprint density at radius 2 is 1.55 bits per heavy atom. The van der Waals surface area contributed by atoms with Crippen LogP contribution in [0.2, 0.25) is 0 Å². The fourth-order valence-corrected chi connectivity index (χ4v) is 3.63. The van der Waals surface area contributed by atoms with Crippen LogP contribution >= 0.6 is 0 Å². The van der Waals surface area contributed by atoms with Crippen molar-refractivity contribution in [1.29, 1.82) is 0 Å². The summed E-state index contributed by atoms with van der Waals surface area (Å²) in [5.74, 6) is -0.0907. The lowest BCUT2D eigenvalue weighted by Crippen LogP contribution is -2.52. The molecule has 1 saturated heterocycles. The monoisotopic (exact) mass is 394 g/mol. The first-order valence-electron chi connectivity index (χ1n) is 10.0. The topological polar surface area (TPSA) is 78.7 Å². The Labute approximate surface area is 172 Å². The van der Waals surface area contributed by atoms with E-state index in [0.717, 1.165) is 27.9 Å². The average Bonchev–Trinajstić information content (AvgIpc) is 2.71. The number of anilines is 1. The van der Waals surface area contributed by atoms with Crippen LogP contribution in [0, 0.1) is 20.8 Å². The smallest absolute Gasteiger partial charge is 0.244 e. The van der Waals surface area contributed by atoms with Crippen LogP contribution in [0.4, 0.5) is 5.69 Å². The van der Waals surface area contributed by atoms with Gasteiger partial charge in [0.2, 0.25) is 11.8 Å². The zero-order chi connectivity index (χ0) is 21.0. The molecule has 1 atom stereocenters. The summed E-state index contributed by atoms with van der Waals surface area (Å²) in [5, 5.41) is 3.02. The first kappa shape index (κ1) is 21.0. The molecule has 0 saturated carbocycles. The minimum atomic E-state index is -0.644.